The molecular formula is C10H18N4O. The van der Waals surface area contributed by atoms with Crippen LogP contribution in [0.15, 0.2) is 18.3 Å². The fraction of sp³-hybridized carbons (Fsp3) is 0.500. The molecule has 0 saturated heterocycles. The van der Waals surface area contributed by atoms with Crippen LogP contribution in [0.1, 0.15) is 13.3 Å². The van der Waals surface area contributed by atoms with E-state index in [1.807, 2.05) is 19.1 Å². The van der Waals surface area contributed by atoms with E-state index in [1.54, 1.807) is 6.20 Å². The normalized spacial score (nSPS) is 10.0. The Hall–Kier alpha value is -1.33. The molecule has 0 aliphatic carbocycles. The number of pyridine rings is 1. The summed E-state index contributed by atoms with van der Waals surface area (Å²) < 4.78 is 5.23. The predicted octanol–water partition coefficient (Wildman–Crippen LogP) is 1.21. The van der Waals surface area contributed by atoms with Crippen molar-refractivity contribution in [1.82, 2.24) is 4.98 Å². The second kappa shape index (κ2) is 7.03. The number of nitrogens with two attached hydrogens (primary N) is 1. The number of hydrogen-bond acceptors (Lipinski definition) is 5. The van der Waals surface area contributed by atoms with E-state index in [0.717, 1.165) is 31.9 Å². The van der Waals surface area contributed by atoms with Crippen molar-refractivity contribution in [2.45, 2.75) is 13.3 Å². The van der Waals surface area contributed by atoms with Gasteiger partial charge in [-0.25, -0.2) is 10.8 Å². The molecule has 5 heteroatoms. The van der Waals surface area contributed by atoms with Crippen molar-refractivity contribution < 1.29 is 4.74 Å². The summed E-state index contributed by atoms with van der Waals surface area (Å²) in [4.78, 5) is 4.01. The maximum Gasteiger partial charge on any atom is 0.141 e. The number of nitrogens with zero attached hydrogens (tertiary/aromatic N) is 1. The first-order valence-corrected chi connectivity index (χ1v) is 5.11. The summed E-state index contributed by atoms with van der Waals surface area (Å²) in [7, 11) is 0. The van der Waals surface area contributed by atoms with Gasteiger partial charge in [-0.05, 0) is 19.4 Å². The Kier molecular flexibility index (Phi) is 5.50. The standard InChI is InChI=1S/C10H18N4O/c1-2-15-7-3-5-12-9-4-6-13-10(8-9)14-11/h4,6,8H,2-3,5,7,11H2,1H3,(H2,12,13,14). The fourth-order valence-corrected chi connectivity index (χ4v) is 1.17. The molecule has 5 nitrogen and oxygen atoms in total. The van der Waals surface area contributed by atoms with E-state index < -0.39 is 0 Å². The third kappa shape index (κ3) is 4.62. The van der Waals surface area contributed by atoms with Gasteiger partial charge in [0.05, 0.1) is 0 Å². The van der Waals surface area contributed by atoms with Crippen LogP contribution in [-0.4, -0.2) is 24.7 Å². The van der Waals surface area contributed by atoms with E-state index in [-0.39, 0.29) is 0 Å². The van der Waals surface area contributed by atoms with Gasteiger partial charge in [0, 0.05) is 37.7 Å². The van der Waals surface area contributed by atoms with Crippen LogP contribution in [0.2, 0.25) is 0 Å². The summed E-state index contributed by atoms with van der Waals surface area (Å²) in [6, 6.07) is 3.77. The summed E-state index contributed by atoms with van der Waals surface area (Å²) in [6.07, 6.45) is 2.70. The van der Waals surface area contributed by atoms with Crippen LogP contribution in [-0.2, 0) is 4.74 Å². The van der Waals surface area contributed by atoms with E-state index in [4.69, 9.17) is 10.6 Å². The smallest absolute Gasteiger partial charge is 0.141 e. The second-order valence-corrected chi connectivity index (χ2v) is 3.05. The van der Waals surface area contributed by atoms with Gasteiger partial charge < -0.3 is 15.5 Å². The molecule has 0 amide bonds. The highest BCUT2D eigenvalue weighted by molar-refractivity contribution is 5.51. The first kappa shape index (κ1) is 11.7. The van der Waals surface area contributed by atoms with Crippen molar-refractivity contribution in [2.75, 3.05) is 30.5 Å². The lowest BCUT2D eigenvalue weighted by Gasteiger charge is -2.07. The molecule has 0 unspecified atom stereocenters. The Morgan fingerprint density at radius 2 is 2.40 bits per heavy atom. The Bertz CT molecular complexity index is 280. The monoisotopic (exact) mass is 210 g/mol. The average Bonchev–Trinajstić information content (AvgIpc) is 2.29. The zero-order chi connectivity index (χ0) is 10.9. The van der Waals surface area contributed by atoms with Gasteiger partial charge >= 0.3 is 0 Å². The minimum atomic E-state index is 0.657. The van der Waals surface area contributed by atoms with Crippen molar-refractivity contribution in [3.63, 3.8) is 0 Å². The van der Waals surface area contributed by atoms with Crippen LogP contribution >= 0.6 is 0 Å². The third-order valence-corrected chi connectivity index (χ3v) is 1.91. The number of ether oxygens (including phenoxy) is 1. The number of anilines is 2. The lowest BCUT2D eigenvalue weighted by Crippen LogP contribution is -2.10. The van der Waals surface area contributed by atoms with Crippen LogP contribution < -0.4 is 16.6 Å². The van der Waals surface area contributed by atoms with Gasteiger partial charge in [-0.1, -0.05) is 0 Å². The lowest BCUT2D eigenvalue weighted by atomic mass is 10.3. The number of nitrogen functional groups attached to an aromatic ring is 1. The van der Waals surface area contributed by atoms with Gasteiger partial charge in [0.15, 0.2) is 0 Å². The van der Waals surface area contributed by atoms with Crippen LogP contribution in [0.4, 0.5) is 11.5 Å². The zero-order valence-corrected chi connectivity index (χ0v) is 8.99. The summed E-state index contributed by atoms with van der Waals surface area (Å²) >= 11 is 0. The van der Waals surface area contributed by atoms with Crippen LogP contribution in [0.25, 0.3) is 0 Å². The molecule has 0 atom stereocenters. The van der Waals surface area contributed by atoms with E-state index in [2.05, 4.69) is 15.7 Å². The highest BCUT2D eigenvalue weighted by atomic mass is 16.5. The fourth-order valence-electron chi connectivity index (χ4n) is 1.17. The van der Waals surface area contributed by atoms with E-state index in [1.165, 1.54) is 0 Å². The quantitative estimate of drug-likeness (QED) is 0.358. The Morgan fingerprint density at radius 3 is 3.13 bits per heavy atom. The number of hydrogen-bond donors (Lipinski definition) is 3. The number of hydrazine groups is 1. The molecule has 4 N–H and O–H groups in total. The molecule has 1 heterocycles. The van der Waals surface area contributed by atoms with Gasteiger partial charge in [-0.2, -0.15) is 0 Å². The minimum absolute atomic E-state index is 0.657. The SMILES string of the molecule is CCOCCCNc1ccnc(NN)c1. The van der Waals surface area contributed by atoms with Crippen LogP contribution in [0, 0.1) is 0 Å². The minimum Gasteiger partial charge on any atom is -0.385 e. The summed E-state index contributed by atoms with van der Waals surface area (Å²) in [5.74, 6) is 5.91. The second-order valence-electron chi connectivity index (χ2n) is 3.05. The Balaban J connectivity index is 2.24. The molecule has 0 fully saturated rings. The summed E-state index contributed by atoms with van der Waals surface area (Å²) in [6.45, 7) is 4.44. The van der Waals surface area contributed by atoms with Crippen molar-refractivity contribution in [3.05, 3.63) is 18.3 Å². The molecule has 0 aliphatic heterocycles. The van der Waals surface area contributed by atoms with Crippen molar-refractivity contribution >= 4 is 11.5 Å². The molecule has 1 rings (SSSR count). The van der Waals surface area contributed by atoms with Gasteiger partial charge in [0.1, 0.15) is 5.82 Å². The molecule has 0 bridgehead atoms. The molecule has 1 aromatic heterocycles. The summed E-state index contributed by atoms with van der Waals surface area (Å²) in [5, 5.41) is 3.26. The zero-order valence-electron chi connectivity index (χ0n) is 8.99. The molecule has 15 heavy (non-hydrogen) atoms. The molecule has 1 aromatic rings. The molecular weight excluding hydrogens is 192 g/mol. The average molecular weight is 210 g/mol. The van der Waals surface area contributed by atoms with Gasteiger partial charge in [0.2, 0.25) is 0 Å². The number of aromatic nitrogens is 1. The van der Waals surface area contributed by atoms with Crippen LogP contribution in [0.3, 0.4) is 0 Å². The maximum atomic E-state index is 5.25. The molecule has 0 spiro atoms. The Labute approximate surface area is 90.0 Å². The first-order chi connectivity index (χ1) is 7.36. The summed E-state index contributed by atoms with van der Waals surface area (Å²) in [5.41, 5.74) is 3.51. The molecule has 84 valence electrons. The lowest BCUT2D eigenvalue weighted by molar-refractivity contribution is 0.147. The largest absolute Gasteiger partial charge is 0.385 e. The molecule has 0 aromatic carbocycles. The third-order valence-electron chi connectivity index (χ3n) is 1.91. The van der Waals surface area contributed by atoms with Crippen molar-refractivity contribution in [1.29, 1.82) is 0 Å². The number of rotatable bonds is 7. The molecule has 0 aliphatic rings. The van der Waals surface area contributed by atoms with Crippen LogP contribution in [0.5, 0.6) is 0 Å². The van der Waals surface area contributed by atoms with E-state index >= 15 is 0 Å². The first-order valence-electron chi connectivity index (χ1n) is 5.11. The predicted molar refractivity (Wildman–Crippen MR) is 61.6 cm³/mol. The maximum absolute atomic E-state index is 5.25. The Morgan fingerprint density at radius 1 is 1.53 bits per heavy atom. The van der Waals surface area contributed by atoms with Gasteiger partial charge in [0.25, 0.3) is 0 Å². The molecule has 0 radical (unpaired) electrons. The number of nitrogens with one attached hydrogen (secondary N) is 2. The van der Waals surface area contributed by atoms with Crippen molar-refractivity contribution in [3.8, 4) is 0 Å². The topological polar surface area (TPSA) is 72.2 Å². The molecule has 0 saturated carbocycles. The van der Waals surface area contributed by atoms with Gasteiger partial charge in [-0.15, -0.1) is 0 Å². The highest BCUT2D eigenvalue weighted by Gasteiger charge is 1.94. The van der Waals surface area contributed by atoms with Gasteiger partial charge in [-0.3, -0.25) is 0 Å². The highest BCUT2D eigenvalue weighted by Crippen LogP contribution is 2.10. The van der Waals surface area contributed by atoms with E-state index in [9.17, 15) is 0 Å². The van der Waals surface area contributed by atoms with E-state index in [0.29, 0.717) is 5.82 Å². The van der Waals surface area contributed by atoms with Crippen molar-refractivity contribution in [2.24, 2.45) is 5.84 Å².